The van der Waals surface area contributed by atoms with Crippen LogP contribution in [0.4, 0.5) is 17.6 Å². The van der Waals surface area contributed by atoms with E-state index >= 15 is 0 Å². The van der Waals surface area contributed by atoms with E-state index in [2.05, 4.69) is 0 Å². The Morgan fingerprint density at radius 3 is 2.50 bits per heavy atom. The largest absolute Gasteiger partial charge is 0.481 e. The Kier molecular flexibility index (Phi) is 4.67. The second-order valence-corrected chi connectivity index (χ2v) is 5.80. The topological polar surface area (TPSA) is 40.5 Å². The van der Waals surface area contributed by atoms with Gasteiger partial charge in [0, 0.05) is 19.1 Å². The van der Waals surface area contributed by atoms with E-state index in [9.17, 15) is 22.4 Å². The van der Waals surface area contributed by atoms with Crippen molar-refractivity contribution in [3.8, 4) is 0 Å². The van der Waals surface area contributed by atoms with Gasteiger partial charge in [-0.25, -0.2) is 4.39 Å². The summed E-state index contributed by atoms with van der Waals surface area (Å²) in [4.78, 5) is 12.5. The number of likely N-dealkylation sites (tertiary alicyclic amines) is 1. The van der Waals surface area contributed by atoms with Crippen molar-refractivity contribution in [2.24, 2.45) is 11.8 Å². The van der Waals surface area contributed by atoms with Gasteiger partial charge in [0.2, 0.25) is 0 Å². The molecule has 22 heavy (non-hydrogen) atoms. The lowest BCUT2D eigenvalue weighted by molar-refractivity contribution is -0.188. The number of nitrogens with zero attached hydrogens (tertiary/aromatic N) is 1. The van der Waals surface area contributed by atoms with Crippen molar-refractivity contribution in [2.75, 3.05) is 13.1 Å². The van der Waals surface area contributed by atoms with Gasteiger partial charge in [-0.05, 0) is 24.6 Å². The summed E-state index contributed by atoms with van der Waals surface area (Å²) in [7, 11) is 0. The van der Waals surface area contributed by atoms with Crippen LogP contribution in [-0.2, 0) is 4.79 Å². The summed E-state index contributed by atoms with van der Waals surface area (Å²) in [5, 5.41) is 8.88. The van der Waals surface area contributed by atoms with Crippen molar-refractivity contribution in [3.05, 3.63) is 34.6 Å². The molecule has 1 unspecified atom stereocenters. The maximum absolute atomic E-state index is 13.2. The van der Waals surface area contributed by atoms with E-state index in [1.54, 1.807) is 6.92 Å². The molecule has 1 aliphatic rings. The molecule has 2 rings (SSSR count). The predicted molar refractivity (Wildman–Crippen MR) is 72.1 cm³/mol. The molecule has 3 nitrogen and oxygen atoms in total. The lowest BCUT2D eigenvalue weighted by Crippen LogP contribution is -2.33. The number of halogens is 5. The molecule has 0 bridgehead atoms. The zero-order valence-corrected chi connectivity index (χ0v) is 12.3. The Hall–Kier alpha value is -1.34. The SMILES string of the molecule is CC(c1ccc(F)c(Cl)c1)N1C[C@@H](C(F)(F)F)[C@H](C(=O)O)C1. The molecular weight excluding hydrogens is 326 g/mol. The number of rotatable bonds is 3. The maximum Gasteiger partial charge on any atom is 0.393 e. The Balaban J connectivity index is 2.22. The lowest BCUT2D eigenvalue weighted by Gasteiger charge is -2.25. The summed E-state index contributed by atoms with van der Waals surface area (Å²) in [5.41, 5.74) is 0.540. The molecule has 0 radical (unpaired) electrons. The molecule has 1 N–H and O–H groups in total. The first-order chi connectivity index (χ1) is 10.1. The average molecular weight is 340 g/mol. The second-order valence-electron chi connectivity index (χ2n) is 5.40. The molecule has 1 fully saturated rings. The molecule has 8 heteroatoms. The number of benzene rings is 1. The van der Waals surface area contributed by atoms with Crippen LogP contribution in [0, 0.1) is 17.7 Å². The van der Waals surface area contributed by atoms with Crippen LogP contribution >= 0.6 is 11.6 Å². The number of carbonyl (C=O) groups is 1. The van der Waals surface area contributed by atoms with Crippen molar-refractivity contribution in [2.45, 2.75) is 19.1 Å². The third-order valence-electron chi connectivity index (χ3n) is 4.06. The number of alkyl halides is 3. The second kappa shape index (κ2) is 6.04. The number of hydrogen-bond donors (Lipinski definition) is 1. The van der Waals surface area contributed by atoms with E-state index in [1.165, 1.54) is 17.0 Å². The number of aliphatic carboxylic acids is 1. The first-order valence-corrected chi connectivity index (χ1v) is 6.97. The third-order valence-corrected chi connectivity index (χ3v) is 4.35. The summed E-state index contributed by atoms with van der Waals surface area (Å²) in [6, 6.07) is 3.42. The molecule has 0 saturated carbocycles. The summed E-state index contributed by atoms with van der Waals surface area (Å²) < 4.78 is 52.1. The van der Waals surface area contributed by atoms with Crippen LogP contribution in [0.3, 0.4) is 0 Å². The number of carboxylic acid groups (broad SMARTS) is 1. The van der Waals surface area contributed by atoms with E-state index in [0.29, 0.717) is 5.56 Å². The molecule has 1 aromatic carbocycles. The lowest BCUT2D eigenvalue weighted by atomic mass is 9.96. The molecule has 3 atom stereocenters. The molecule has 0 aliphatic carbocycles. The van der Waals surface area contributed by atoms with Gasteiger partial charge in [-0.2, -0.15) is 13.2 Å². The molecule has 1 aromatic rings. The van der Waals surface area contributed by atoms with Crippen LogP contribution in [0.1, 0.15) is 18.5 Å². The summed E-state index contributed by atoms with van der Waals surface area (Å²) in [6.45, 7) is 1.02. The van der Waals surface area contributed by atoms with Gasteiger partial charge in [0.15, 0.2) is 0 Å². The molecule has 0 spiro atoms. The van der Waals surface area contributed by atoms with E-state index in [0.717, 1.165) is 6.07 Å². The van der Waals surface area contributed by atoms with Crippen LogP contribution in [0.25, 0.3) is 0 Å². The fourth-order valence-corrected chi connectivity index (χ4v) is 2.90. The minimum atomic E-state index is -4.57. The van der Waals surface area contributed by atoms with Crippen molar-refractivity contribution in [1.82, 2.24) is 4.90 Å². The molecule has 0 aromatic heterocycles. The molecular formula is C14H14ClF4NO2. The smallest absolute Gasteiger partial charge is 0.393 e. The van der Waals surface area contributed by atoms with Gasteiger partial charge in [0.05, 0.1) is 16.9 Å². The van der Waals surface area contributed by atoms with Gasteiger partial charge in [-0.3, -0.25) is 9.69 Å². The highest BCUT2D eigenvalue weighted by Crippen LogP contribution is 2.40. The van der Waals surface area contributed by atoms with Crippen LogP contribution in [-0.4, -0.2) is 35.2 Å². The molecule has 1 aliphatic heterocycles. The zero-order valence-electron chi connectivity index (χ0n) is 11.6. The van der Waals surface area contributed by atoms with Crippen LogP contribution < -0.4 is 0 Å². The summed E-state index contributed by atoms with van der Waals surface area (Å²) in [5.74, 6) is -5.49. The Morgan fingerprint density at radius 2 is 2.05 bits per heavy atom. The fraction of sp³-hybridized carbons (Fsp3) is 0.500. The fourth-order valence-electron chi connectivity index (χ4n) is 2.72. The summed E-state index contributed by atoms with van der Waals surface area (Å²) >= 11 is 5.68. The minimum Gasteiger partial charge on any atom is -0.481 e. The van der Waals surface area contributed by atoms with Crippen LogP contribution in [0.15, 0.2) is 18.2 Å². The van der Waals surface area contributed by atoms with Crippen molar-refractivity contribution in [1.29, 1.82) is 0 Å². The quantitative estimate of drug-likeness (QED) is 0.853. The van der Waals surface area contributed by atoms with E-state index < -0.39 is 42.4 Å². The average Bonchev–Trinajstić information content (AvgIpc) is 2.86. The highest BCUT2D eigenvalue weighted by molar-refractivity contribution is 6.30. The maximum atomic E-state index is 13.2. The Bertz CT molecular complexity index is 578. The minimum absolute atomic E-state index is 0.120. The Morgan fingerprint density at radius 1 is 1.41 bits per heavy atom. The zero-order chi connectivity index (χ0) is 16.7. The van der Waals surface area contributed by atoms with Gasteiger partial charge < -0.3 is 5.11 Å². The van der Waals surface area contributed by atoms with Crippen molar-refractivity contribution >= 4 is 17.6 Å². The monoisotopic (exact) mass is 339 g/mol. The van der Waals surface area contributed by atoms with Gasteiger partial charge in [-0.1, -0.05) is 17.7 Å². The van der Waals surface area contributed by atoms with Gasteiger partial charge in [-0.15, -0.1) is 0 Å². The molecule has 1 saturated heterocycles. The van der Waals surface area contributed by atoms with E-state index in [1.807, 2.05) is 0 Å². The first kappa shape index (κ1) is 17.0. The highest BCUT2D eigenvalue weighted by atomic mass is 35.5. The number of hydrogen-bond acceptors (Lipinski definition) is 2. The van der Waals surface area contributed by atoms with Gasteiger partial charge >= 0.3 is 12.1 Å². The third kappa shape index (κ3) is 3.35. The Labute approximate surface area is 129 Å². The standard InChI is InChI=1S/C14H14ClF4NO2/c1-7(8-2-3-12(16)11(15)4-8)20-5-9(13(21)22)10(6-20)14(17,18)19/h2-4,7,9-10H,5-6H2,1H3,(H,21,22)/t7?,9-,10-/m1/s1. The molecule has 0 amide bonds. The predicted octanol–water partition coefficient (Wildman–Crippen LogP) is 3.74. The van der Waals surface area contributed by atoms with E-state index in [4.69, 9.17) is 16.7 Å². The van der Waals surface area contributed by atoms with Gasteiger partial charge in [0.1, 0.15) is 5.82 Å². The number of carboxylic acids is 1. The van der Waals surface area contributed by atoms with Crippen molar-refractivity contribution in [3.63, 3.8) is 0 Å². The van der Waals surface area contributed by atoms with Crippen LogP contribution in [0.2, 0.25) is 5.02 Å². The normalized spacial score (nSPS) is 24.5. The summed E-state index contributed by atoms with van der Waals surface area (Å²) in [6.07, 6.45) is -4.57. The first-order valence-electron chi connectivity index (χ1n) is 6.59. The molecule has 1 heterocycles. The van der Waals surface area contributed by atoms with E-state index in [-0.39, 0.29) is 11.6 Å². The van der Waals surface area contributed by atoms with Crippen molar-refractivity contribution < 1.29 is 27.5 Å². The highest BCUT2D eigenvalue weighted by Gasteiger charge is 2.53. The van der Waals surface area contributed by atoms with Crippen LogP contribution in [0.5, 0.6) is 0 Å². The van der Waals surface area contributed by atoms with Gasteiger partial charge in [0.25, 0.3) is 0 Å². The molecule has 122 valence electrons.